The normalized spacial score (nSPS) is 11.2. The summed E-state index contributed by atoms with van der Waals surface area (Å²) in [6, 6.07) is 0. The van der Waals surface area contributed by atoms with E-state index in [0.29, 0.717) is 19.8 Å². The van der Waals surface area contributed by atoms with Crippen LogP contribution in [0.15, 0.2) is 0 Å². The van der Waals surface area contributed by atoms with E-state index >= 15 is 0 Å². The van der Waals surface area contributed by atoms with Crippen LogP contribution in [0.3, 0.4) is 0 Å². The van der Waals surface area contributed by atoms with Gasteiger partial charge < -0.3 is 35.0 Å². The number of thiocarbonyl (C=S) groups is 2. The molecule has 0 radical (unpaired) electrons. The predicted molar refractivity (Wildman–Crippen MR) is 136 cm³/mol. The van der Waals surface area contributed by atoms with Crippen LogP contribution in [0.4, 0.5) is 0 Å². The predicted octanol–water partition coefficient (Wildman–Crippen LogP) is 5.17. The van der Waals surface area contributed by atoms with Gasteiger partial charge in [0.2, 0.25) is 0 Å². The van der Waals surface area contributed by atoms with Crippen LogP contribution < -0.4 is 11.5 Å². The van der Waals surface area contributed by atoms with Gasteiger partial charge in [0.15, 0.2) is 0 Å². The average molecular weight is 477 g/mol. The van der Waals surface area contributed by atoms with Crippen molar-refractivity contribution in [2.75, 3.05) is 19.8 Å². The Morgan fingerprint density at radius 3 is 0.931 bits per heavy atom. The summed E-state index contributed by atoms with van der Waals surface area (Å²) in [5.74, 6) is 0. The van der Waals surface area contributed by atoms with Crippen molar-refractivity contribution < 1.29 is 23.5 Å². The van der Waals surface area contributed by atoms with Gasteiger partial charge in [-0.05, 0) is 45.2 Å². The zero-order valence-electron chi connectivity index (χ0n) is 19.7. The summed E-state index contributed by atoms with van der Waals surface area (Å²) in [5.41, 5.74) is 8.80. The summed E-state index contributed by atoms with van der Waals surface area (Å²) >= 11 is 7.74. The Morgan fingerprint density at radius 1 is 0.690 bits per heavy atom. The van der Waals surface area contributed by atoms with E-state index in [9.17, 15) is 0 Å². The van der Waals surface area contributed by atoms with Gasteiger partial charge in [-0.1, -0.05) is 72.6 Å². The Morgan fingerprint density at radius 2 is 0.828 bits per heavy atom. The Labute approximate surface area is 192 Å². The van der Waals surface area contributed by atoms with Crippen molar-refractivity contribution in [3.8, 4) is 0 Å². The van der Waals surface area contributed by atoms with E-state index in [-0.39, 0.29) is 0 Å². The van der Waals surface area contributed by atoms with Gasteiger partial charge in [0.1, 0.15) is 0 Å². The summed E-state index contributed by atoms with van der Waals surface area (Å²) in [5, 5.41) is 14.1. The van der Waals surface area contributed by atoms with Gasteiger partial charge in [0.25, 0.3) is 10.3 Å². The summed E-state index contributed by atoms with van der Waals surface area (Å²) in [4.78, 5) is 0. The third kappa shape index (κ3) is 85.1. The molecule has 0 spiro atoms. The zero-order chi connectivity index (χ0) is 23.9. The molecule has 1 saturated carbocycles. The molecule has 0 aliphatic heterocycles. The van der Waals surface area contributed by atoms with Crippen LogP contribution in [-0.4, -0.2) is 49.9 Å². The summed E-state index contributed by atoms with van der Waals surface area (Å²) in [6.07, 6.45) is 10.2. The fourth-order valence-electron chi connectivity index (χ4n) is 1.61. The molecule has 0 heterocycles. The van der Waals surface area contributed by atoms with Crippen molar-refractivity contribution in [2.45, 2.75) is 93.4 Å². The molecule has 1 aliphatic carbocycles. The second-order valence-electron chi connectivity index (χ2n) is 5.16. The van der Waals surface area contributed by atoms with Gasteiger partial charge in [-0.3, -0.25) is 0 Å². The molecular weight excluding hydrogens is 428 g/mol. The minimum atomic E-state index is -1.73. The van der Waals surface area contributed by atoms with Crippen molar-refractivity contribution in [3.05, 3.63) is 0 Å². The number of rotatable bonds is 6. The molecule has 0 saturated heterocycles. The summed E-state index contributed by atoms with van der Waals surface area (Å²) in [6.45, 7) is 16.1. The third-order valence-electron chi connectivity index (χ3n) is 2.41. The Hall–Kier alpha value is -0.523. The van der Waals surface area contributed by atoms with Crippen LogP contribution in [0, 0.1) is 0 Å². The molecule has 7 nitrogen and oxygen atoms in total. The highest BCUT2D eigenvalue weighted by Gasteiger charge is 2.11. The number of nitrogens with two attached hydrogens (primary N) is 2. The number of hydrogen-bond acceptors (Lipinski definition) is 5. The maximum absolute atomic E-state index is 7.56. The van der Waals surface area contributed by atoms with Crippen molar-refractivity contribution in [1.82, 2.24) is 0 Å². The smallest absolute Gasteiger partial charge is 0.484 e. The molecule has 1 rings (SSSR count). The molecule has 180 valence electrons. The first-order chi connectivity index (χ1) is 13.7. The van der Waals surface area contributed by atoms with Crippen LogP contribution in [0.1, 0.15) is 93.4 Å². The van der Waals surface area contributed by atoms with Crippen molar-refractivity contribution in [1.29, 1.82) is 0 Å². The lowest BCUT2D eigenvalue weighted by Crippen LogP contribution is -2.27. The van der Waals surface area contributed by atoms with Crippen molar-refractivity contribution >= 4 is 44.3 Å². The SMILES string of the molecule is C1CCCCC1.CC.CCC.CCO[SiH](OCC)OCC.NC(O)=S.NC(O)=S. The Kier molecular flexibility index (Phi) is 56.2. The van der Waals surface area contributed by atoms with Crippen molar-refractivity contribution in [3.63, 3.8) is 0 Å². The molecule has 0 unspecified atom stereocenters. The minimum Gasteiger partial charge on any atom is -0.487 e. The Balaban J connectivity index is -0.0000000871. The standard InChI is InChI=1S/C6H16O3Si.C6H12.C3H8.C2H6.2CH3NOS/c1-4-7-10(8-5-2)9-6-3;1-2-4-6-5-3-1;1-3-2;1-2;2*2-1(3)4/h10H,4-6H2,1-3H3;1-6H2;3H2,1-2H3;1-2H3;2*(H3,2,3,4). The molecule has 0 atom stereocenters. The molecular formula is C19H48N2O5S2Si. The van der Waals surface area contributed by atoms with E-state index in [1.165, 1.54) is 44.9 Å². The van der Waals surface area contributed by atoms with Gasteiger partial charge in [0.05, 0.1) is 0 Å². The molecule has 0 amide bonds. The second kappa shape index (κ2) is 41.8. The van der Waals surface area contributed by atoms with E-state index in [4.69, 9.17) is 23.5 Å². The van der Waals surface area contributed by atoms with Gasteiger partial charge >= 0.3 is 9.53 Å². The minimum absolute atomic E-state index is 0.500. The maximum Gasteiger partial charge on any atom is 0.484 e. The lowest BCUT2D eigenvalue weighted by Gasteiger charge is -2.12. The van der Waals surface area contributed by atoms with E-state index in [2.05, 4.69) is 49.8 Å². The molecule has 0 aromatic rings. The van der Waals surface area contributed by atoms with Gasteiger partial charge in [0, 0.05) is 19.8 Å². The van der Waals surface area contributed by atoms with E-state index < -0.39 is 19.9 Å². The number of hydrogen-bond donors (Lipinski definition) is 4. The van der Waals surface area contributed by atoms with E-state index in [1.807, 2.05) is 34.6 Å². The van der Waals surface area contributed by atoms with Gasteiger partial charge in [-0.25, -0.2) is 0 Å². The number of aliphatic hydroxyl groups is 2. The molecule has 6 N–H and O–H groups in total. The second-order valence-corrected chi connectivity index (χ2v) is 7.57. The maximum atomic E-state index is 7.56. The van der Waals surface area contributed by atoms with E-state index in [1.54, 1.807) is 0 Å². The highest BCUT2D eigenvalue weighted by Crippen LogP contribution is 2.15. The quantitative estimate of drug-likeness (QED) is 0.304. The molecule has 0 aromatic carbocycles. The Bertz CT molecular complexity index is 256. The van der Waals surface area contributed by atoms with Crippen LogP contribution in [0.5, 0.6) is 0 Å². The largest absolute Gasteiger partial charge is 0.487 e. The lowest BCUT2D eigenvalue weighted by atomic mass is 10.0. The first-order valence-corrected chi connectivity index (χ1v) is 12.8. The molecule has 10 heteroatoms. The van der Waals surface area contributed by atoms with Crippen molar-refractivity contribution in [2.24, 2.45) is 11.5 Å². The van der Waals surface area contributed by atoms with Gasteiger partial charge in [-0.15, -0.1) is 0 Å². The molecule has 0 bridgehead atoms. The first kappa shape index (κ1) is 39.0. The van der Waals surface area contributed by atoms with Crippen LogP contribution >= 0.6 is 24.4 Å². The molecule has 0 aromatic heterocycles. The average Bonchev–Trinajstić information content (AvgIpc) is 2.66. The first-order valence-electron chi connectivity index (χ1n) is 10.5. The molecule has 1 fully saturated rings. The van der Waals surface area contributed by atoms with Crippen LogP contribution in [0.2, 0.25) is 0 Å². The fourth-order valence-corrected chi connectivity index (χ4v) is 2.72. The summed E-state index contributed by atoms with van der Waals surface area (Å²) < 4.78 is 15.7. The zero-order valence-corrected chi connectivity index (χ0v) is 22.5. The topological polar surface area (TPSA) is 120 Å². The summed E-state index contributed by atoms with van der Waals surface area (Å²) in [7, 11) is -1.73. The fraction of sp³-hybridized carbons (Fsp3) is 0.895. The third-order valence-corrected chi connectivity index (χ3v) is 4.22. The number of aliphatic hydroxyl groups excluding tert-OH is 2. The monoisotopic (exact) mass is 476 g/mol. The molecule has 1 aliphatic rings. The van der Waals surface area contributed by atoms with Crippen LogP contribution in [-0.2, 0) is 13.3 Å². The van der Waals surface area contributed by atoms with E-state index in [0.717, 1.165) is 0 Å². The lowest BCUT2D eigenvalue weighted by molar-refractivity contribution is 0.107. The van der Waals surface area contributed by atoms with Gasteiger partial charge in [-0.2, -0.15) is 0 Å². The highest BCUT2D eigenvalue weighted by atomic mass is 32.1. The van der Waals surface area contributed by atoms with Crippen LogP contribution in [0.25, 0.3) is 0 Å². The molecule has 29 heavy (non-hydrogen) atoms. The highest BCUT2D eigenvalue weighted by molar-refractivity contribution is 7.80.